The second-order valence-corrected chi connectivity index (χ2v) is 7.22. The molecule has 2 unspecified atom stereocenters. The van der Waals surface area contributed by atoms with Crippen LogP contribution in [0.25, 0.3) is 0 Å². The lowest BCUT2D eigenvalue weighted by molar-refractivity contribution is -0.144. The Morgan fingerprint density at radius 3 is 2.35 bits per heavy atom. The molecule has 126 valence electrons. The molecule has 0 aromatic heterocycles. The summed E-state index contributed by atoms with van der Waals surface area (Å²) in [5, 5.41) is 9.38. The molecule has 1 aliphatic heterocycles. The molecular formula is C18H25NO4. The van der Waals surface area contributed by atoms with Gasteiger partial charge in [-0.15, -0.1) is 0 Å². The first-order valence-electron chi connectivity index (χ1n) is 8.00. The molecule has 2 atom stereocenters. The number of carbonyl (C=O) groups is 2. The highest BCUT2D eigenvalue weighted by Gasteiger charge is 2.35. The van der Waals surface area contributed by atoms with Gasteiger partial charge in [0.05, 0.1) is 0 Å². The largest absolute Gasteiger partial charge is 0.488 e. The number of hydrogen-bond acceptors (Lipinski definition) is 3. The van der Waals surface area contributed by atoms with Crippen LogP contribution in [0.15, 0.2) is 24.3 Å². The third kappa shape index (κ3) is 4.47. The molecule has 1 aliphatic rings. The number of hydrogen-bond donors (Lipinski definition) is 1. The molecule has 0 saturated carbocycles. The first-order valence-corrected chi connectivity index (χ1v) is 8.00. The molecule has 1 heterocycles. The number of nitrogens with zero attached hydrogens (tertiary/aromatic N) is 1. The molecule has 23 heavy (non-hydrogen) atoms. The van der Waals surface area contributed by atoms with Crippen molar-refractivity contribution in [2.24, 2.45) is 5.92 Å². The van der Waals surface area contributed by atoms with Gasteiger partial charge in [-0.25, -0.2) is 4.79 Å². The minimum Gasteiger partial charge on any atom is -0.488 e. The summed E-state index contributed by atoms with van der Waals surface area (Å²) in [6.07, 6.45) is 1.34. The fourth-order valence-corrected chi connectivity index (χ4v) is 2.80. The molecule has 1 amide bonds. The summed E-state index contributed by atoms with van der Waals surface area (Å²) in [4.78, 5) is 25.6. The molecule has 1 aromatic carbocycles. The van der Waals surface area contributed by atoms with E-state index in [1.54, 1.807) is 24.3 Å². The molecule has 0 bridgehead atoms. The van der Waals surface area contributed by atoms with Crippen molar-refractivity contribution >= 4 is 11.9 Å². The molecule has 0 spiro atoms. The number of benzene rings is 1. The van der Waals surface area contributed by atoms with Crippen LogP contribution in [0.4, 0.5) is 0 Å². The molecule has 2 rings (SSSR count). The number of aliphatic carboxylic acids is 1. The number of carboxylic acid groups (broad SMARTS) is 1. The van der Waals surface area contributed by atoms with Crippen molar-refractivity contribution in [2.75, 3.05) is 6.54 Å². The summed E-state index contributed by atoms with van der Waals surface area (Å²) < 4.78 is 5.74. The Labute approximate surface area is 137 Å². The highest BCUT2D eigenvalue weighted by Crippen LogP contribution is 2.25. The van der Waals surface area contributed by atoms with E-state index in [2.05, 4.69) is 0 Å². The lowest BCUT2D eigenvalue weighted by atomic mass is 9.92. The highest BCUT2D eigenvalue weighted by atomic mass is 16.5. The number of rotatable bonds is 3. The summed E-state index contributed by atoms with van der Waals surface area (Å²) in [5.41, 5.74) is 0.190. The van der Waals surface area contributed by atoms with Gasteiger partial charge < -0.3 is 14.7 Å². The second-order valence-electron chi connectivity index (χ2n) is 7.22. The fraction of sp³-hybridized carbons (Fsp3) is 0.556. The van der Waals surface area contributed by atoms with Crippen LogP contribution in [0, 0.1) is 5.92 Å². The van der Waals surface area contributed by atoms with Crippen LogP contribution in [0.3, 0.4) is 0 Å². The van der Waals surface area contributed by atoms with Crippen molar-refractivity contribution in [1.29, 1.82) is 0 Å². The monoisotopic (exact) mass is 319 g/mol. The quantitative estimate of drug-likeness (QED) is 0.929. The van der Waals surface area contributed by atoms with Gasteiger partial charge in [-0.3, -0.25) is 4.79 Å². The summed E-state index contributed by atoms with van der Waals surface area (Å²) >= 11 is 0. The van der Waals surface area contributed by atoms with Crippen LogP contribution in [-0.4, -0.2) is 40.1 Å². The minimum absolute atomic E-state index is 0.230. The Morgan fingerprint density at radius 2 is 1.83 bits per heavy atom. The van der Waals surface area contributed by atoms with Crippen molar-refractivity contribution in [2.45, 2.75) is 52.2 Å². The number of likely N-dealkylation sites (tertiary alicyclic amines) is 1. The van der Waals surface area contributed by atoms with Gasteiger partial charge in [0.1, 0.15) is 17.4 Å². The maximum Gasteiger partial charge on any atom is 0.326 e. The van der Waals surface area contributed by atoms with Crippen molar-refractivity contribution < 1.29 is 19.4 Å². The average Bonchev–Trinajstić information content (AvgIpc) is 2.45. The van der Waals surface area contributed by atoms with Crippen LogP contribution < -0.4 is 4.74 Å². The average molecular weight is 319 g/mol. The number of amides is 1. The smallest absolute Gasteiger partial charge is 0.326 e. The van der Waals surface area contributed by atoms with Gasteiger partial charge in [0, 0.05) is 12.1 Å². The van der Waals surface area contributed by atoms with Crippen LogP contribution >= 0.6 is 0 Å². The van der Waals surface area contributed by atoms with E-state index in [9.17, 15) is 14.7 Å². The molecule has 5 nitrogen and oxygen atoms in total. The highest BCUT2D eigenvalue weighted by molar-refractivity contribution is 5.96. The standard InChI is InChI=1S/C18H25NO4/c1-12-9-10-19(15(11-12)17(21)22)16(20)13-5-7-14(8-6-13)23-18(2,3)4/h5-8,12,15H,9-11H2,1-4H3,(H,21,22). The van der Waals surface area contributed by atoms with Crippen LogP contribution in [0.1, 0.15) is 50.9 Å². The van der Waals surface area contributed by atoms with Gasteiger partial charge in [-0.1, -0.05) is 6.92 Å². The van der Waals surface area contributed by atoms with Crippen LogP contribution in [-0.2, 0) is 4.79 Å². The minimum atomic E-state index is -0.933. The summed E-state index contributed by atoms with van der Waals surface area (Å²) in [7, 11) is 0. The molecule has 0 radical (unpaired) electrons. The Balaban J connectivity index is 2.14. The number of carbonyl (C=O) groups excluding carboxylic acids is 1. The lowest BCUT2D eigenvalue weighted by Gasteiger charge is -2.36. The van der Waals surface area contributed by atoms with Crippen molar-refractivity contribution in [3.8, 4) is 5.75 Å². The SMILES string of the molecule is CC1CCN(C(=O)c2ccc(OC(C)(C)C)cc2)C(C(=O)O)C1. The molecule has 1 fully saturated rings. The summed E-state index contributed by atoms with van der Waals surface area (Å²) in [6.45, 7) is 8.38. The predicted octanol–water partition coefficient (Wildman–Crippen LogP) is 3.19. The molecule has 1 N–H and O–H groups in total. The zero-order chi connectivity index (χ0) is 17.2. The third-order valence-electron chi connectivity index (χ3n) is 3.94. The first kappa shape index (κ1) is 17.3. The number of piperidine rings is 1. The van der Waals surface area contributed by atoms with E-state index in [-0.39, 0.29) is 11.5 Å². The van der Waals surface area contributed by atoms with Gasteiger partial charge in [-0.2, -0.15) is 0 Å². The van der Waals surface area contributed by atoms with Gasteiger partial charge in [0.15, 0.2) is 0 Å². The van der Waals surface area contributed by atoms with Crippen LogP contribution in [0.5, 0.6) is 5.75 Å². The Bertz CT molecular complexity index is 574. The molecule has 1 aromatic rings. The Kier molecular flexibility index (Phi) is 4.97. The van der Waals surface area contributed by atoms with E-state index in [4.69, 9.17) is 4.74 Å². The normalized spacial score (nSPS) is 21.8. The van der Waals surface area contributed by atoms with E-state index in [0.29, 0.717) is 30.2 Å². The zero-order valence-corrected chi connectivity index (χ0v) is 14.2. The van der Waals surface area contributed by atoms with Crippen LogP contribution in [0.2, 0.25) is 0 Å². The van der Waals surface area contributed by atoms with Crippen molar-refractivity contribution in [1.82, 2.24) is 4.90 Å². The predicted molar refractivity (Wildman–Crippen MR) is 87.7 cm³/mol. The van der Waals surface area contributed by atoms with Gasteiger partial charge in [0.25, 0.3) is 5.91 Å². The van der Waals surface area contributed by atoms with Gasteiger partial charge in [0.2, 0.25) is 0 Å². The van der Waals surface area contributed by atoms with E-state index < -0.39 is 12.0 Å². The molecule has 5 heteroatoms. The third-order valence-corrected chi connectivity index (χ3v) is 3.94. The van der Waals surface area contributed by atoms with E-state index in [1.165, 1.54) is 4.90 Å². The van der Waals surface area contributed by atoms with E-state index >= 15 is 0 Å². The second kappa shape index (κ2) is 6.60. The lowest BCUT2D eigenvalue weighted by Crippen LogP contribution is -2.49. The van der Waals surface area contributed by atoms with Crippen molar-refractivity contribution in [3.63, 3.8) is 0 Å². The molecule has 0 aliphatic carbocycles. The zero-order valence-electron chi connectivity index (χ0n) is 14.2. The fourth-order valence-electron chi connectivity index (χ4n) is 2.80. The maximum atomic E-state index is 12.6. The maximum absolute atomic E-state index is 12.6. The number of ether oxygens (including phenoxy) is 1. The molecular weight excluding hydrogens is 294 g/mol. The van der Waals surface area contributed by atoms with Gasteiger partial charge >= 0.3 is 5.97 Å². The Hall–Kier alpha value is -2.04. The summed E-state index contributed by atoms with van der Waals surface area (Å²) in [6, 6.07) is 6.15. The number of carboxylic acids is 1. The van der Waals surface area contributed by atoms with Crippen molar-refractivity contribution in [3.05, 3.63) is 29.8 Å². The van der Waals surface area contributed by atoms with E-state index in [1.807, 2.05) is 27.7 Å². The molecule has 1 saturated heterocycles. The summed E-state index contributed by atoms with van der Waals surface area (Å²) in [5.74, 6) is -0.150. The Morgan fingerprint density at radius 1 is 1.22 bits per heavy atom. The van der Waals surface area contributed by atoms with E-state index in [0.717, 1.165) is 6.42 Å². The topological polar surface area (TPSA) is 66.8 Å². The van der Waals surface area contributed by atoms with Gasteiger partial charge in [-0.05, 0) is 63.8 Å². The first-order chi connectivity index (χ1) is 10.7.